The van der Waals surface area contributed by atoms with Crippen molar-refractivity contribution < 1.29 is 33.4 Å². The molecule has 1 saturated heterocycles. The van der Waals surface area contributed by atoms with Gasteiger partial charge in [-0.25, -0.2) is 4.79 Å². The monoisotopic (exact) mass is 371 g/mol. The molecule has 138 valence electrons. The lowest BCUT2D eigenvalue weighted by Gasteiger charge is -2.38. The highest BCUT2D eigenvalue weighted by molar-refractivity contribution is 7.39. The van der Waals surface area contributed by atoms with Crippen molar-refractivity contribution in [1.82, 2.24) is 4.90 Å². The topological polar surface area (TPSA) is 106 Å². The lowest BCUT2D eigenvalue weighted by atomic mass is 9.85. The van der Waals surface area contributed by atoms with Crippen molar-refractivity contribution in [3.05, 3.63) is 35.9 Å². The molecule has 2 N–H and O–H groups in total. The molecule has 1 aromatic carbocycles. The van der Waals surface area contributed by atoms with Gasteiger partial charge in [-0.3, -0.25) is 9.32 Å². The first-order valence-electron chi connectivity index (χ1n) is 7.91. The second-order valence-electron chi connectivity index (χ2n) is 5.58. The highest BCUT2D eigenvalue weighted by Crippen LogP contribution is 2.32. The summed E-state index contributed by atoms with van der Waals surface area (Å²) >= 11 is 0. The molecule has 0 radical (unpaired) electrons. The second-order valence-corrected chi connectivity index (χ2v) is 6.34. The van der Waals surface area contributed by atoms with E-state index in [1.54, 1.807) is 0 Å². The summed E-state index contributed by atoms with van der Waals surface area (Å²) in [6.07, 6.45) is 1.65. The number of methoxy groups -OCH3 is 1. The summed E-state index contributed by atoms with van der Waals surface area (Å²) < 4.78 is 14.4. The molecule has 1 aromatic rings. The van der Waals surface area contributed by atoms with Crippen molar-refractivity contribution in [1.29, 1.82) is 0 Å². The van der Waals surface area contributed by atoms with E-state index < -0.39 is 39.4 Å². The molecule has 2 rings (SSSR count). The number of rotatable bonds is 6. The Kier molecular flexibility index (Phi) is 7.58. The number of esters is 1. The van der Waals surface area contributed by atoms with Crippen molar-refractivity contribution in [3.8, 4) is 0 Å². The van der Waals surface area contributed by atoms with Crippen molar-refractivity contribution in [3.63, 3.8) is 0 Å². The number of hydrogen-bond donors (Lipinski definition) is 2. The first kappa shape index (κ1) is 19.6. The predicted molar refractivity (Wildman–Crippen MR) is 89.3 cm³/mol. The van der Waals surface area contributed by atoms with Gasteiger partial charge in [0.25, 0.3) is 0 Å². The molecule has 0 aromatic heterocycles. The van der Waals surface area contributed by atoms with Crippen LogP contribution in [0.25, 0.3) is 0 Å². The van der Waals surface area contributed by atoms with Gasteiger partial charge in [0.2, 0.25) is 6.79 Å². The van der Waals surface area contributed by atoms with E-state index in [1.165, 1.54) is 12.0 Å². The van der Waals surface area contributed by atoms with Crippen molar-refractivity contribution >= 4 is 20.7 Å². The fourth-order valence-corrected chi connectivity index (χ4v) is 3.19. The van der Waals surface area contributed by atoms with Crippen LogP contribution in [0.3, 0.4) is 0 Å². The zero-order chi connectivity index (χ0) is 18.2. The van der Waals surface area contributed by atoms with E-state index in [-0.39, 0.29) is 0 Å². The summed E-state index contributed by atoms with van der Waals surface area (Å²) in [6.45, 7) is -0.119. The quantitative estimate of drug-likeness (QED) is 0.448. The molecular formula is C16H22NO7P. The molecule has 2 atom stereocenters. The number of benzene rings is 1. The normalized spacial score (nSPS) is 18.7. The van der Waals surface area contributed by atoms with Gasteiger partial charge in [-0.1, -0.05) is 30.3 Å². The predicted octanol–water partition coefficient (Wildman–Crippen LogP) is 2.12. The summed E-state index contributed by atoms with van der Waals surface area (Å²) in [5, 5.41) is 0. The summed E-state index contributed by atoms with van der Waals surface area (Å²) in [5.74, 6) is -1.03. The molecule has 8 nitrogen and oxygen atoms in total. The standard InChI is InChI=1S/C16H22NO7P/c1-22-15(18)14(12-7-3-2-4-8-12)13-9-5-6-10-17(13)16(19)23-11-24-25(20)21/h2-4,7-8,13-14,20-21H,5-6,9-11H2,1H3. The van der Waals surface area contributed by atoms with Gasteiger partial charge in [-0.15, -0.1) is 0 Å². The Morgan fingerprint density at radius 2 is 2.00 bits per heavy atom. The minimum Gasteiger partial charge on any atom is -0.468 e. The van der Waals surface area contributed by atoms with E-state index >= 15 is 0 Å². The van der Waals surface area contributed by atoms with Crippen LogP contribution in [0.4, 0.5) is 4.79 Å². The zero-order valence-corrected chi connectivity index (χ0v) is 14.8. The van der Waals surface area contributed by atoms with Crippen LogP contribution in [-0.2, 0) is 18.8 Å². The van der Waals surface area contributed by atoms with Crippen LogP contribution in [0, 0.1) is 0 Å². The van der Waals surface area contributed by atoms with Gasteiger partial charge in [0.1, 0.15) is 5.92 Å². The van der Waals surface area contributed by atoms with Crippen molar-refractivity contribution in [2.24, 2.45) is 0 Å². The van der Waals surface area contributed by atoms with Gasteiger partial charge in [0.15, 0.2) is 0 Å². The van der Waals surface area contributed by atoms with Gasteiger partial charge >= 0.3 is 20.7 Å². The number of carbonyl (C=O) groups excluding carboxylic acids is 2. The minimum atomic E-state index is -2.59. The smallest absolute Gasteiger partial charge is 0.412 e. The van der Waals surface area contributed by atoms with Crippen LogP contribution in [0.1, 0.15) is 30.7 Å². The molecule has 1 fully saturated rings. The highest BCUT2D eigenvalue weighted by atomic mass is 31.2. The zero-order valence-electron chi connectivity index (χ0n) is 13.9. The Morgan fingerprint density at radius 1 is 1.28 bits per heavy atom. The fraction of sp³-hybridized carbons (Fsp3) is 0.500. The lowest BCUT2D eigenvalue weighted by molar-refractivity contribution is -0.144. The molecule has 0 aliphatic carbocycles. The molecule has 0 saturated carbocycles. The first-order chi connectivity index (χ1) is 12.0. The van der Waals surface area contributed by atoms with Crippen LogP contribution >= 0.6 is 8.60 Å². The number of ether oxygens (including phenoxy) is 2. The minimum absolute atomic E-state index is 0.402. The van der Waals surface area contributed by atoms with E-state index in [0.717, 1.165) is 18.4 Å². The Morgan fingerprint density at radius 3 is 2.64 bits per heavy atom. The third kappa shape index (κ3) is 5.37. The Hall–Kier alpha value is -1.73. The third-order valence-electron chi connectivity index (χ3n) is 4.13. The fourth-order valence-electron chi connectivity index (χ4n) is 3.04. The third-order valence-corrected chi connectivity index (χ3v) is 4.47. The summed E-state index contributed by atoms with van der Waals surface area (Å²) in [6, 6.07) is 8.76. The molecule has 0 spiro atoms. The van der Waals surface area contributed by atoms with E-state index in [0.29, 0.717) is 13.0 Å². The van der Waals surface area contributed by atoms with Crippen LogP contribution in [0.15, 0.2) is 30.3 Å². The maximum absolute atomic E-state index is 12.4. The molecule has 1 amide bonds. The second kappa shape index (κ2) is 9.68. The highest BCUT2D eigenvalue weighted by Gasteiger charge is 2.39. The first-order valence-corrected chi connectivity index (χ1v) is 9.08. The molecule has 2 unspecified atom stereocenters. The lowest BCUT2D eigenvalue weighted by Crippen LogP contribution is -2.49. The largest absolute Gasteiger partial charge is 0.468 e. The Labute approximate surface area is 147 Å². The van der Waals surface area contributed by atoms with Gasteiger partial charge in [0, 0.05) is 6.54 Å². The molecule has 0 bridgehead atoms. The van der Waals surface area contributed by atoms with E-state index in [2.05, 4.69) is 4.52 Å². The molecule has 1 heterocycles. The molecule has 9 heteroatoms. The number of amides is 1. The molecule has 25 heavy (non-hydrogen) atoms. The van der Waals surface area contributed by atoms with Gasteiger partial charge in [-0.05, 0) is 24.8 Å². The van der Waals surface area contributed by atoms with Crippen molar-refractivity contribution in [2.45, 2.75) is 31.2 Å². The number of likely N-dealkylation sites (tertiary alicyclic amines) is 1. The number of hydrogen-bond acceptors (Lipinski definition) is 7. The molecular weight excluding hydrogens is 349 g/mol. The average Bonchev–Trinajstić information content (AvgIpc) is 2.62. The summed E-state index contributed by atoms with van der Waals surface area (Å²) in [7, 11) is -1.27. The van der Waals surface area contributed by atoms with Gasteiger partial charge in [-0.2, -0.15) is 0 Å². The van der Waals surface area contributed by atoms with E-state index in [9.17, 15) is 9.59 Å². The number of nitrogens with zero attached hydrogens (tertiary/aromatic N) is 1. The van der Waals surface area contributed by atoms with Crippen molar-refractivity contribution in [2.75, 3.05) is 20.4 Å². The molecule has 1 aliphatic rings. The van der Waals surface area contributed by atoms with E-state index in [4.69, 9.17) is 19.3 Å². The number of carbonyl (C=O) groups is 2. The summed E-state index contributed by atoms with van der Waals surface area (Å²) in [4.78, 5) is 43.6. The van der Waals surface area contributed by atoms with Gasteiger partial charge < -0.3 is 24.2 Å². The maximum atomic E-state index is 12.4. The summed E-state index contributed by atoms with van der Waals surface area (Å²) in [5.41, 5.74) is 0.768. The SMILES string of the molecule is COC(=O)C(c1ccccc1)C1CCCCN1C(=O)OCOP(O)O. The van der Waals surface area contributed by atoms with Crippen LogP contribution < -0.4 is 0 Å². The van der Waals surface area contributed by atoms with E-state index in [1.807, 2.05) is 30.3 Å². The average molecular weight is 371 g/mol. The van der Waals surface area contributed by atoms with Crippen LogP contribution in [0.2, 0.25) is 0 Å². The van der Waals surface area contributed by atoms with Crippen LogP contribution in [0.5, 0.6) is 0 Å². The van der Waals surface area contributed by atoms with Gasteiger partial charge in [0.05, 0.1) is 13.2 Å². The Bertz CT molecular complexity index is 569. The number of piperidine rings is 1. The van der Waals surface area contributed by atoms with Crippen LogP contribution in [-0.4, -0.2) is 53.2 Å². The Balaban J connectivity index is 2.18. The maximum Gasteiger partial charge on any atom is 0.412 e. The molecule has 1 aliphatic heterocycles.